The predicted octanol–water partition coefficient (Wildman–Crippen LogP) is 2.39. The molecular formula is C13H18N2O. The van der Waals surface area contributed by atoms with Gasteiger partial charge >= 0.3 is 0 Å². The third kappa shape index (κ3) is 2.60. The summed E-state index contributed by atoms with van der Waals surface area (Å²) < 4.78 is 0. The van der Waals surface area contributed by atoms with Gasteiger partial charge in [0.05, 0.1) is 0 Å². The third-order valence-corrected chi connectivity index (χ3v) is 3.35. The van der Waals surface area contributed by atoms with Gasteiger partial charge in [0, 0.05) is 12.2 Å². The lowest BCUT2D eigenvalue weighted by molar-refractivity contribution is 0.0932. The minimum atomic E-state index is -0.0395. The van der Waals surface area contributed by atoms with Crippen LogP contribution in [-0.4, -0.2) is 16.9 Å². The molecule has 0 saturated heterocycles. The van der Waals surface area contributed by atoms with Crippen molar-refractivity contribution in [3.8, 4) is 0 Å². The van der Waals surface area contributed by atoms with Gasteiger partial charge in [0.2, 0.25) is 0 Å². The highest BCUT2D eigenvalue weighted by Gasteiger charge is 2.24. The lowest BCUT2D eigenvalue weighted by Gasteiger charge is -2.12. The van der Waals surface area contributed by atoms with Crippen LogP contribution in [0.2, 0.25) is 0 Å². The number of rotatable bonds is 3. The molecule has 0 aliphatic heterocycles. The van der Waals surface area contributed by atoms with Gasteiger partial charge in [0.1, 0.15) is 5.69 Å². The number of carbonyl (C=O) groups excluding carboxylic acids is 1. The van der Waals surface area contributed by atoms with E-state index in [4.69, 9.17) is 0 Å². The summed E-state index contributed by atoms with van der Waals surface area (Å²) in [6, 6.07) is 5.76. The van der Waals surface area contributed by atoms with Crippen LogP contribution in [0.3, 0.4) is 0 Å². The van der Waals surface area contributed by atoms with E-state index in [0.717, 1.165) is 18.8 Å². The Labute approximate surface area is 96.3 Å². The Hall–Kier alpha value is -1.38. The molecule has 2 atom stereocenters. The van der Waals surface area contributed by atoms with Gasteiger partial charge in [0.25, 0.3) is 5.91 Å². The van der Waals surface area contributed by atoms with Crippen molar-refractivity contribution in [3.63, 3.8) is 0 Å². The van der Waals surface area contributed by atoms with Crippen molar-refractivity contribution < 1.29 is 4.79 Å². The molecule has 2 rings (SSSR count). The number of pyridine rings is 1. The normalized spacial score (nSPS) is 24.3. The highest BCUT2D eigenvalue weighted by atomic mass is 16.1. The predicted molar refractivity (Wildman–Crippen MR) is 63.1 cm³/mol. The Morgan fingerprint density at radius 1 is 1.50 bits per heavy atom. The lowest BCUT2D eigenvalue weighted by atomic mass is 10.1. The van der Waals surface area contributed by atoms with E-state index in [2.05, 4.69) is 17.2 Å². The van der Waals surface area contributed by atoms with Gasteiger partial charge in [-0.05, 0) is 37.3 Å². The van der Waals surface area contributed by atoms with E-state index in [0.29, 0.717) is 11.7 Å². The monoisotopic (exact) mass is 218 g/mol. The van der Waals surface area contributed by atoms with Crippen molar-refractivity contribution in [2.75, 3.05) is 0 Å². The molecule has 2 unspecified atom stereocenters. The standard InChI is InChI=1S/C13H18N2O/c1-2-10-6-7-11(9-10)15-13(16)12-5-3-4-8-14-12/h3-5,8,10-11H,2,6-7,9H2,1H3,(H,15,16). The van der Waals surface area contributed by atoms with Gasteiger partial charge in [0.15, 0.2) is 0 Å². The molecule has 1 saturated carbocycles. The second kappa shape index (κ2) is 5.10. The molecule has 1 aliphatic rings. The molecule has 0 bridgehead atoms. The molecule has 86 valence electrons. The first-order valence-electron chi connectivity index (χ1n) is 6.01. The summed E-state index contributed by atoms with van der Waals surface area (Å²) in [6.07, 6.45) is 6.34. The number of nitrogens with one attached hydrogen (secondary N) is 1. The minimum Gasteiger partial charge on any atom is -0.348 e. The number of aromatic nitrogens is 1. The van der Waals surface area contributed by atoms with E-state index >= 15 is 0 Å². The number of hydrogen-bond donors (Lipinski definition) is 1. The van der Waals surface area contributed by atoms with E-state index in [1.54, 1.807) is 12.3 Å². The van der Waals surface area contributed by atoms with Crippen LogP contribution in [0.5, 0.6) is 0 Å². The minimum absolute atomic E-state index is 0.0395. The molecule has 3 nitrogen and oxygen atoms in total. The molecule has 1 aliphatic carbocycles. The largest absolute Gasteiger partial charge is 0.348 e. The first-order valence-corrected chi connectivity index (χ1v) is 6.01. The van der Waals surface area contributed by atoms with Gasteiger partial charge in [-0.25, -0.2) is 0 Å². The van der Waals surface area contributed by atoms with Gasteiger partial charge < -0.3 is 5.32 Å². The molecule has 1 aromatic heterocycles. The smallest absolute Gasteiger partial charge is 0.270 e. The molecule has 3 heteroatoms. The maximum Gasteiger partial charge on any atom is 0.270 e. The van der Waals surface area contributed by atoms with E-state index in [1.807, 2.05) is 12.1 Å². The SMILES string of the molecule is CCC1CCC(NC(=O)c2ccccn2)C1. The first-order chi connectivity index (χ1) is 7.79. The first kappa shape index (κ1) is 11.1. The average molecular weight is 218 g/mol. The van der Waals surface area contributed by atoms with E-state index in [-0.39, 0.29) is 5.91 Å². The van der Waals surface area contributed by atoms with Crippen LogP contribution >= 0.6 is 0 Å². The molecule has 1 aromatic rings. The Morgan fingerprint density at radius 2 is 2.38 bits per heavy atom. The van der Waals surface area contributed by atoms with Gasteiger partial charge in [-0.3, -0.25) is 9.78 Å². The van der Waals surface area contributed by atoms with Gasteiger partial charge in [-0.1, -0.05) is 19.4 Å². The molecule has 1 heterocycles. The van der Waals surface area contributed by atoms with Crippen molar-refractivity contribution in [2.45, 2.75) is 38.6 Å². The Balaban J connectivity index is 1.89. The highest BCUT2D eigenvalue weighted by molar-refractivity contribution is 5.92. The molecule has 0 aromatic carbocycles. The van der Waals surface area contributed by atoms with Crippen LogP contribution in [0, 0.1) is 5.92 Å². The van der Waals surface area contributed by atoms with E-state index < -0.39 is 0 Å². The zero-order valence-electron chi connectivity index (χ0n) is 9.65. The van der Waals surface area contributed by atoms with Crippen LogP contribution in [0.25, 0.3) is 0 Å². The topological polar surface area (TPSA) is 42.0 Å². The fraction of sp³-hybridized carbons (Fsp3) is 0.538. The van der Waals surface area contributed by atoms with Crippen LogP contribution < -0.4 is 5.32 Å². The zero-order chi connectivity index (χ0) is 11.4. The summed E-state index contributed by atoms with van der Waals surface area (Å²) in [5, 5.41) is 3.06. The van der Waals surface area contributed by atoms with E-state index in [1.165, 1.54) is 12.8 Å². The van der Waals surface area contributed by atoms with Gasteiger partial charge in [-0.15, -0.1) is 0 Å². The van der Waals surface area contributed by atoms with Crippen molar-refractivity contribution in [1.82, 2.24) is 10.3 Å². The molecule has 1 amide bonds. The summed E-state index contributed by atoms with van der Waals surface area (Å²) in [5.41, 5.74) is 0.516. The third-order valence-electron chi connectivity index (χ3n) is 3.35. The molecule has 0 radical (unpaired) electrons. The Morgan fingerprint density at radius 3 is 3.00 bits per heavy atom. The molecular weight excluding hydrogens is 200 g/mol. The van der Waals surface area contributed by atoms with Crippen molar-refractivity contribution >= 4 is 5.91 Å². The second-order valence-corrected chi connectivity index (χ2v) is 4.47. The van der Waals surface area contributed by atoms with Crippen LogP contribution in [0.4, 0.5) is 0 Å². The molecule has 1 fully saturated rings. The van der Waals surface area contributed by atoms with Crippen molar-refractivity contribution in [2.24, 2.45) is 5.92 Å². The second-order valence-electron chi connectivity index (χ2n) is 4.47. The molecule has 16 heavy (non-hydrogen) atoms. The van der Waals surface area contributed by atoms with Crippen LogP contribution in [0.15, 0.2) is 24.4 Å². The van der Waals surface area contributed by atoms with Crippen LogP contribution in [0.1, 0.15) is 43.1 Å². The van der Waals surface area contributed by atoms with Crippen LogP contribution in [-0.2, 0) is 0 Å². The summed E-state index contributed by atoms with van der Waals surface area (Å²) in [6.45, 7) is 2.22. The summed E-state index contributed by atoms with van der Waals surface area (Å²) >= 11 is 0. The number of hydrogen-bond acceptors (Lipinski definition) is 2. The quantitative estimate of drug-likeness (QED) is 0.846. The number of amides is 1. The average Bonchev–Trinajstić information content (AvgIpc) is 2.78. The summed E-state index contributed by atoms with van der Waals surface area (Å²) in [5.74, 6) is 0.747. The van der Waals surface area contributed by atoms with E-state index in [9.17, 15) is 4.79 Å². The Kier molecular flexibility index (Phi) is 3.54. The van der Waals surface area contributed by atoms with Gasteiger partial charge in [-0.2, -0.15) is 0 Å². The summed E-state index contributed by atoms with van der Waals surface area (Å²) in [4.78, 5) is 15.9. The zero-order valence-corrected chi connectivity index (χ0v) is 9.65. The van der Waals surface area contributed by atoms with Crippen molar-refractivity contribution in [3.05, 3.63) is 30.1 Å². The highest BCUT2D eigenvalue weighted by Crippen LogP contribution is 2.27. The molecule has 0 spiro atoms. The fourth-order valence-electron chi connectivity index (χ4n) is 2.33. The fourth-order valence-corrected chi connectivity index (χ4v) is 2.33. The maximum atomic E-state index is 11.8. The Bertz CT molecular complexity index is 350. The number of carbonyl (C=O) groups is 1. The molecule has 1 N–H and O–H groups in total. The maximum absolute atomic E-state index is 11.8. The summed E-state index contributed by atoms with van der Waals surface area (Å²) in [7, 11) is 0. The van der Waals surface area contributed by atoms with Crippen molar-refractivity contribution in [1.29, 1.82) is 0 Å². The lowest BCUT2D eigenvalue weighted by Crippen LogP contribution is -2.33. The number of nitrogens with zero attached hydrogens (tertiary/aromatic N) is 1.